The van der Waals surface area contributed by atoms with Gasteiger partial charge in [0, 0.05) is 0 Å². The molecular formula is C30H48N2O33S2. The Morgan fingerprint density at radius 1 is 0.418 bits per heavy atom. The summed E-state index contributed by atoms with van der Waals surface area (Å²) in [4.78, 5) is 36.0. The van der Waals surface area contributed by atoms with Crippen LogP contribution in [-0.4, -0.2) is 287 Å². The summed E-state index contributed by atoms with van der Waals surface area (Å²) < 4.78 is 118. The van der Waals surface area contributed by atoms with Crippen molar-refractivity contribution < 1.29 is 160 Å². The van der Waals surface area contributed by atoms with Crippen LogP contribution in [0.15, 0.2) is 0 Å². The second-order valence-corrected chi connectivity index (χ2v) is 17.7. The normalized spacial score (nSPS) is 46.7. The third-order valence-corrected chi connectivity index (χ3v) is 12.0. The second-order valence-electron chi connectivity index (χ2n) is 15.3. The molecule has 0 bridgehead atoms. The van der Waals surface area contributed by atoms with E-state index in [4.69, 9.17) is 42.6 Å². The lowest BCUT2D eigenvalue weighted by molar-refractivity contribution is -0.375. The summed E-state index contributed by atoms with van der Waals surface area (Å²) in [6.45, 7) is -2.56. The summed E-state index contributed by atoms with van der Waals surface area (Å²) in [6.07, 6.45) is -54.1. The first-order chi connectivity index (χ1) is 31.0. The Bertz CT molecular complexity index is 1950. The molecule has 35 nitrogen and oxygen atoms in total. The Morgan fingerprint density at radius 2 is 0.761 bits per heavy atom. The highest BCUT2D eigenvalue weighted by Crippen LogP contribution is 2.36. The second kappa shape index (κ2) is 21.7. The van der Waals surface area contributed by atoms with Crippen LogP contribution in [-0.2, 0) is 77.6 Å². The Morgan fingerprint density at radius 3 is 1.13 bits per heavy atom. The van der Waals surface area contributed by atoms with Gasteiger partial charge in [-0.25, -0.2) is 14.4 Å². The first-order valence-corrected chi connectivity index (χ1v) is 22.0. The topological polar surface area (TPSA) is 571 Å². The molecule has 0 unspecified atom stereocenters. The van der Waals surface area contributed by atoms with Crippen molar-refractivity contribution in [2.75, 3.05) is 13.2 Å². The van der Waals surface area contributed by atoms with Gasteiger partial charge in [-0.15, -0.1) is 0 Å². The van der Waals surface area contributed by atoms with Gasteiger partial charge in [0.05, 0.1) is 13.2 Å². The average Bonchev–Trinajstić information content (AvgIpc) is 3.23. The summed E-state index contributed by atoms with van der Waals surface area (Å²) in [5.74, 6) is -5.93. The lowest BCUT2D eigenvalue weighted by atomic mass is 9.94. The molecule has 37 heteroatoms. The maximum absolute atomic E-state index is 12.6. The van der Waals surface area contributed by atoms with Crippen LogP contribution in [0, 0.1) is 0 Å². The highest BCUT2D eigenvalue weighted by molar-refractivity contribution is 7.84. The molecule has 25 atom stereocenters. The molecule has 19 N–H and O–H groups in total. The fraction of sp³-hybridized carbons (Fsp3) is 0.900. The molecule has 0 aliphatic carbocycles. The van der Waals surface area contributed by atoms with E-state index in [0.29, 0.717) is 0 Å². The summed E-state index contributed by atoms with van der Waals surface area (Å²) >= 11 is 0. The smallest absolute Gasteiger partial charge is 0.335 e. The summed E-state index contributed by atoms with van der Waals surface area (Å²) in [5, 5.41) is 155. The van der Waals surface area contributed by atoms with Gasteiger partial charge < -0.3 is 119 Å². The number of aliphatic hydroxyl groups excluding tert-OH is 12. The van der Waals surface area contributed by atoms with Crippen LogP contribution in [0.5, 0.6) is 0 Å². The molecule has 5 fully saturated rings. The molecule has 5 aliphatic heterocycles. The van der Waals surface area contributed by atoms with Crippen molar-refractivity contribution in [1.29, 1.82) is 0 Å². The van der Waals surface area contributed by atoms with Crippen molar-refractivity contribution in [3.05, 3.63) is 0 Å². The van der Waals surface area contributed by atoms with E-state index in [9.17, 15) is 117 Å². The fourth-order valence-electron chi connectivity index (χ4n) is 7.58. The molecule has 5 heterocycles. The van der Waals surface area contributed by atoms with Crippen molar-refractivity contribution >= 4 is 38.5 Å². The molecule has 388 valence electrons. The molecule has 0 saturated carbocycles. The van der Waals surface area contributed by atoms with Gasteiger partial charge in [-0.05, 0) is 0 Å². The van der Waals surface area contributed by atoms with Gasteiger partial charge >= 0.3 is 38.5 Å². The standard InChI is InChI=1S/C30H48N2O33S2/c33-1-3-16(60-29-14(42)9(37)10(38)20(64-29)23(44)45)7(35)6(32-67(54,55)56)28(58-3)63-19-12(40)15(43)30(65-22(19)25(48)49)61-17-4(2-34)57-27(5(8(17)36)31-66(51,52)53)62-18-11(39)13(41)26(50)59-21(18)24(46)47/h3-22,26-43,50H,1-2H2,(H,44,45)(H,46,47)(H,48,49)(H,51,52,53)(H,54,55,56)/t3-,4-,5-,6-,7-,8-,9+,10+,11-,12-,13-,14-,15-,16-,17-,18+,19+,20+,21+,22+,26-,27-,28-,29-,30-/m1/s1. The minimum atomic E-state index is -5.48. The Balaban J connectivity index is 1.38. The van der Waals surface area contributed by atoms with E-state index in [1.54, 1.807) is 0 Å². The van der Waals surface area contributed by atoms with Gasteiger partial charge in [0.25, 0.3) is 0 Å². The number of aliphatic hydroxyl groups is 12. The maximum atomic E-state index is 12.6. The van der Waals surface area contributed by atoms with Gasteiger partial charge in [0.15, 0.2) is 49.8 Å². The molecule has 0 aromatic carbocycles. The van der Waals surface area contributed by atoms with Gasteiger partial charge in [0.2, 0.25) is 0 Å². The van der Waals surface area contributed by atoms with Crippen LogP contribution in [0.4, 0.5) is 0 Å². The quantitative estimate of drug-likeness (QED) is 0.0602. The van der Waals surface area contributed by atoms with E-state index >= 15 is 0 Å². The fourth-order valence-corrected chi connectivity index (χ4v) is 8.77. The Kier molecular flexibility index (Phi) is 17.9. The average molecular weight is 1030 g/mol. The largest absolute Gasteiger partial charge is 0.479 e. The molecule has 0 amide bonds. The van der Waals surface area contributed by atoms with Gasteiger partial charge in [-0.2, -0.15) is 26.3 Å². The monoisotopic (exact) mass is 1030 g/mol. The number of ether oxygens (including phenoxy) is 9. The number of hydrogen-bond donors (Lipinski definition) is 19. The zero-order valence-corrected chi connectivity index (χ0v) is 34.9. The summed E-state index contributed by atoms with van der Waals surface area (Å²) in [7, 11) is -10.9. The number of rotatable bonds is 17. The third-order valence-electron chi connectivity index (χ3n) is 10.8. The van der Waals surface area contributed by atoms with E-state index < -0.39 is 205 Å². The number of carboxylic acid groups (broad SMARTS) is 3. The highest BCUT2D eigenvalue weighted by atomic mass is 32.2. The molecule has 5 saturated heterocycles. The molecular weight excluding hydrogens is 980 g/mol. The number of hydrogen-bond acceptors (Lipinski definition) is 28. The van der Waals surface area contributed by atoms with Gasteiger partial charge in [-0.3, -0.25) is 9.11 Å². The van der Waals surface area contributed by atoms with Gasteiger partial charge in [-0.1, -0.05) is 0 Å². The third kappa shape index (κ3) is 12.3. The minimum Gasteiger partial charge on any atom is -0.479 e. The van der Waals surface area contributed by atoms with Crippen molar-refractivity contribution in [3.8, 4) is 0 Å². The predicted octanol–water partition coefficient (Wildman–Crippen LogP) is -12.8. The van der Waals surface area contributed by atoms with Gasteiger partial charge in [0.1, 0.15) is 104 Å². The lowest BCUT2D eigenvalue weighted by Gasteiger charge is -2.49. The van der Waals surface area contributed by atoms with Crippen LogP contribution in [0.25, 0.3) is 0 Å². The van der Waals surface area contributed by atoms with E-state index in [2.05, 4.69) is 0 Å². The van der Waals surface area contributed by atoms with E-state index in [0.717, 1.165) is 0 Å². The van der Waals surface area contributed by atoms with Crippen molar-refractivity contribution in [3.63, 3.8) is 0 Å². The van der Waals surface area contributed by atoms with Crippen LogP contribution in [0.2, 0.25) is 0 Å². The minimum absolute atomic E-state index is 1.27. The maximum Gasteiger partial charge on any atom is 0.335 e. The first kappa shape index (κ1) is 55.2. The Labute approximate surface area is 373 Å². The molecule has 0 radical (unpaired) electrons. The summed E-state index contributed by atoms with van der Waals surface area (Å²) in [5.41, 5.74) is 0. The van der Waals surface area contributed by atoms with Crippen molar-refractivity contribution in [1.82, 2.24) is 9.44 Å². The molecule has 5 rings (SSSR count). The first-order valence-electron chi connectivity index (χ1n) is 19.1. The summed E-state index contributed by atoms with van der Waals surface area (Å²) in [6, 6.07) is -4.83. The molecule has 67 heavy (non-hydrogen) atoms. The number of carbonyl (C=O) groups is 3. The van der Waals surface area contributed by atoms with E-state index in [1.807, 2.05) is 0 Å². The van der Waals surface area contributed by atoms with Crippen LogP contribution in [0.1, 0.15) is 0 Å². The lowest BCUT2D eigenvalue weighted by Crippen LogP contribution is -2.70. The predicted molar refractivity (Wildman–Crippen MR) is 193 cm³/mol. The van der Waals surface area contributed by atoms with Crippen molar-refractivity contribution in [2.24, 2.45) is 0 Å². The molecule has 0 spiro atoms. The van der Waals surface area contributed by atoms with Crippen LogP contribution in [0.3, 0.4) is 0 Å². The number of aliphatic carboxylic acids is 3. The van der Waals surface area contributed by atoms with E-state index in [-0.39, 0.29) is 0 Å². The Hall–Kier alpha value is -2.69. The SMILES string of the molecule is O=C(O)[C@H]1O[C@@H](O[C@H]2[C@H](O)[C@@H](NS(=O)(=O)O)[C@@H](O[C@H]3[C@H](O)[C@@H](O)[C@H](O[C@H]4[C@H](O)[C@@H](NS(=O)(=O)O)[C@@H](O[C@H]5[C@H](O)[C@@H](O)[C@H](O)O[C@@H]5C(=O)O)O[C@@H]4CO)O[C@@H]3C(=O)O)O[C@@H]2CO)[C@H](O)[C@@H](O)[C@@H]1O. The number of carboxylic acids is 3. The molecule has 5 aliphatic rings. The zero-order chi connectivity index (χ0) is 50.4. The van der Waals surface area contributed by atoms with Crippen LogP contribution < -0.4 is 9.44 Å². The van der Waals surface area contributed by atoms with Crippen LogP contribution >= 0.6 is 0 Å². The van der Waals surface area contributed by atoms with E-state index in [1.165, 1.54) is 9.44 Å². The zero-order valence-electron chi connectivity index (χ0n) is 33.3. The molecule has 0 aromatic rings. The number of nitrogens with one attached hydrogen (secondary N) is 2. The highest BCUT2D eigenvalue weighted by Gasteiger charge is 2.59. The van der Waals surface area contributed by atoms with Crippen molar-refractivity contribution in [2.45, 2.75) is 153 Å². The molecule has 0 aromatic heterocycles.